The van der Waals surface area contributed by atoms with Gasteiger partial charge in [0.2, 0.25) is 5.91 Å². The number of benzene rings is 1. The van der Waals surface area contributed by atoms with E-state index in [4.69, 9.17) is 0 Å². The Morgan fingerprint density at radius 1 is 1.15 bits per heavy atom. The minimum Gasteiger partial charge on any atom is -0.395 e. The molecule has 27 heavy (non-hydrogen) atoms. The zero-order chi connectivity index (χ0) is 18.9. The van der Waals surface area contributed by atoms with Crippen molar-refractivity contribution in [2.45, 2.75) is 63.8 Å². The van der Waals surface area contributed by atoms with E-state index in [-0.39, 0.29) is 12.5 Å². The number of aromatic nitrogens is 4. The molecule has 3 rings (SSSR count). The lowest BCUT2D eigenvalue weighted by atomic mass is 9.94. The Kier molecular flexibility index (Phi) is 7.33. The van der Waals surface area contributed by atoms with Gasteiger partial charge in [0.05, 0.1) is 12.3 Å². The van der Waals surface area contributed by atoms with E-state index in [0.717, 1.165) is 43.6 Å². The van der Waals surface area contributed by atoms with Crippen molar-refractivity contribution in [2.75, 3.05) is 13.2 Å². The highest BCUT2D eigenvalue weighted by atomic mass is 16.3. The van der Waals surface area contributed by atoms with Crippen molar-refractivity contribution >= 4 is 5.91 Å². The Bertz CT molecular complexity index is 697. The standard InChI is InChI=1S/C20H29N5O2/c26-16-15-24(17-9-3-1-4-10-17)20(27)14-8-7-13-19-21-22-23-25(19)18-11-5-2-6-12-18/h2,5-6,11-12,17,26H,1,3-4,7-10,13-16H2. The maximum atomic E-state index is 12.7. The molecule has 7 nitrogen and oxygen atoms in total. The number of amides is 1. The molecular formula is C20H29N5O2. The van der Waals surface area contributed by atoms with Gasteiger partial charge < -0.3 is 10.0 Å². The highest BCUT2D eigenvalue weighted by Gasteiger charge is 2.24. The number of hydrogen-bond acceptors (Lipinski definition) is 5. The summed E-state index contributed by atoms with van der Waals surface area (Å²) in [4.78, 5) is 14.6. The second kappa shape index (κ2) is 10.2. The monoisotopic (exact) mass is 371 g/mol. The van der Waals surface area contributed by atoms with Crippen LogP contribution in [0.4, 0.5) is 0 Å². The van der Waals surface area contributed by atoms with Gasteiger partial charge in [0, 0.05) is 25.4 Å². The van der Waals surface area contributed by atoms with E-state index in [1.807, 2.05) is 35.2 Å². The highest BCUT2D eigenvalue weighted by molar-refractivity contribution is 5.76. The number of aryl methyl sites for hydroxylation is 1. The van der Waals surface area contributed by atoms with Gasteiger partial charge in [0.25, 0.3) is 0 Å². The molecule has 1 saturated carbocycles. The number of hydrogen-bond donors (Lipinski definition) is 1. The molecule has 0 radical (unpaired) electrons. The van der Waals surface area contributed by atoms with Crippen molar-refractivity contribution in [3.63, 3.8) is 0 Å². The van der Waals surface area contributed by atoms with Gasteiger partial charge in [-0.2, -0.15) is 4.68 Å². The number of rotatable bonds is 9. The van der Waals surface area contributed by atoms with Crippen molar-refractivity contribution < 1.29 is 9.90 Å². The number of carbonyl (C=O) groups excluding carboxylic acids is 1. The summed E-state index contributed by atoms with van der Waals surface area (Å²) in [7, 11) is 0. The quantitative estimate of drug-likeness (QED) is 0.685. The number of nitrogens with zero attached hydrogens (tertiary/aromatic N) is 5. The Morgan fingerprint density at radius 3 is 2.67 bits per heavy atom. The number of tetrazole rings is 1. The maximum absolute atomic E-state index is 12.7. The van der Waals surface area contributed by atoms with Crippen LogP contribution in [-0.4, -0.2) is 55.3 Å². The first kappa shape index (κ1) is 19.5. The molecule has 1 aliphatic rings. The van der Waals surface area contributed by atoms with Gasteiger partial charge >= 0.3 is 0 Å². The topological polar surface area (TPSA) is 84.1 Å². The lowest BCUT2D eigenvalue weighted by molar-refractivity contribution is -0.135. The summed E-state index contributed by atoms with van der Waals surface area (Å²) in [6.07, 6.45) is 8.67. The van der Waals surface area contributed by atoms with Crippen molar-refractivity contribution in [1.82, 2.24) is 25.1 Å². The SMILES string of the molecule is O=C(CCCCc1nnnn1-c1ccccc1)N(CCO)C1CCCCC1. The molecule has 0 spiro atoms. The minimum absolute atomic E-state index is 0.0358. The summed E-state index contributed by atoms with van der Waals surface area (Å²) in [6.45, 7) is 0.490. The second-order valence-corrected chi connectivity index (χ2v) is 7.15. The summed E-state index contributed by atoms with van der Waals surface area (Å²) in [5.41, 5.74) is 0.944. The summed E-state index contributed by atoms with van der Waals surface area (Å²) < 4.78 is 1.75. The van der Waals surface area contributed by atoms with Crippen molar-refractivity contribution in [2.24, 2.45) is 0 Å². The first-order chi connectivity index (χ1) is 13.3. The van der Waals surface area contributed by atoms with Crippen LogP contribution in [0.5, 0.6) is 0 Å². The van der Waals surface area contributed by atoms with Crippen LogP contribution in [0.2, 0.25) is 0 Å². The number of para-hydroxylation sites is 1. The van der Waals surface area contributed by atoms with Crippen LogP contribution in [-0.2, 0) is 11.2 Å². The number of aliphatic hydroxyl groups excluding tert-OH is 1. The van der Waals surface area contributed by atoms with Crippen LogP contribution < -0.4 is 0 Å². The predicted molar refractivity (Wildman–Crippen MR) is 102 cm³/mol. The van der Waals surface area contributed by atoms with Gasteiger partial charge in [-0.25, -0.2) is 0 Å². The van der Waals surface area contributed by atoms with Crippen LogP contribution in [0.25, 0.3) is 5.69 Å². The van der Waals surface area contributed by atoms with Crippen molar-refractivity contribution in [1.29, 1.82) is 0 Å². The molecule has 146 valence electrons. The third-order valence-corrected chi connectivity index (χ3v) is 5.25. The van der Waals surface area contributed by atoms with Crippen LogP contribution in [0.3, 0.4) is 0 Å². The lowest BCUT2D eigenvalue weighted by Gasteiger charge is -2.34. The average molecular weight is 371 g/mol. The summed E-state index contributed by atoms with van der Waals surface area (Å²) >= 11 is 0. The van der Waals surface area contributed by atoms with Crippen LogP contribution in [0.15, 0.2) is 30.3 Å². The predicted octanol–water partition coefficient (Wildman–Crippen LogP) is 2.53. The molecule has 2 aromatic rings. The van der Waals surface area contributed by atoms with E-state index in [1.165, 1.54) is 19.3 Å². The molecule has 1 aromatic heterocycles. The Balaban J connectivity index is 1.48. The zero-order valence-electron chi connectivity index (χ0n) is 15.8. The number of carbonyl (C=O) groups is 1. The molecule has 0 unspecified atom stereocenters. The largest absolute Gasteiger partial charge is 0.395 e. The minimum atomic E-state index is 0.0358. The summed E-state index contributed by atoms with van der Waals surface area (Å²) in [6, 6.07) is 10.1. The van der Waals surface area contributed by atoms with Crippen LogP contribution >= 0.6 is 0 Å². The fourth-order valence-corrected chi connectivity index (χ4v) is 3.85. The Morgan fingerprint density at radius 2 is 1.93 bits per heavy atom. The fraction of sp³-hybridized carbons (Fsp3) is 0.600. The van der Waals surface area contributed by atoms with Crippen LogP contribution in [0.1, 0.15) is 57.2 Å². The Labute approximate surface area is 160 Å². The van der Waals surface area contributed by atoms with E-state index in [2.05, 4.69) is 15.5 Å². The van der Waals surface area contributed by atoms with E-state index in [1.54, 1.807) is 4.68 Å². The molecule has 0 saturated heterocycles. The average Bonchev–Trinajstić information content (AvgIpc) is 3.19. The molecule has 1 aliphatic carbocycles. The molecule has 1 heterocycles. The lowest BCUT2D eigenvalue weighted by Crippen LogP contribution is -2.43. The van der Waals surface area contributed by atoms with Gasteiger partial charge in [-0.1, -0.05) is 37.5 Å². The van der Waals surface area contributed by atoms with Gasteiger partial charge in [-0.05, 0) is 48.2 Å². The molecule has 1 fully saturated rings. The van der Waals surface area contributed by atoms with E-state index in [9.17, 15) is 9.90 Å². The smallest absolute Gasteiger partial charge is 0.222 e. The van der Waals surface area contributed by atoms with Gasteiger partial charge in [-0.15, -0.1) is 5.10 Å². The highest BCUT2D eigenvalue weighted by Crippen LogP contribution is 2.23. The molecule has 1 aromatic carbocycles. The van der Waals surface area contributed by atoms with E-state index in [0.29, 0.717) is 19.0 Å². The van der Waals surface area contributed by atoms with Crippen molar-refractivity contribution in [3.8, 4) is 5.69 Å². The molecule has 7 heteroatoms. The third-order valence-electron chi connectivity index (χ3n) is 5.25. The summed E-state index contributed by atoms with van der Waals surface area (Å²) in [5, 5.41) is 21.3. The fourth-order valence-electron chi connectivity index (χ4n) is 3.85. The molecular weight excluding hydrogens is 342 g/mol. The van der Waals surface area contributed by atoms with Crippen LogP contribution in [0, 0.1) is 0 Å². The Hall–Kier alpha value is -2.28. The zero-order valence-corrected chi connectivity index (χ0v) is 15.8. The molecule has 0 bridgehead atoms. The van der Waals surface area contributed by atoms with Crippen molar-refractivity contribution in [3.05, 3.63) is 36.2 Å². The number of aliphatic hydroxyl groups is 1. The number of unbranched alkanes of at least 4 members (excludes halogenated alkanes) is 1. The molecule has 0 atom stereocenters. The van der Waals surface area contributed by atoms with Gasteiger partial charge in [-0.3, -0.25) is 4.79 Å². The first-order valence-electron chi connectivity index (χ1n) is 10.0. The molecule has 0 aliphatic heterocycles. The molecule has 1 amide bonds. The van der Waals surface area contributed by atoms with E-state index < -0.39 is 0 Å². The second-order valence-electron chi connectivity index (χ2n) is 7.15. The van der Waals surface area contributed by atoms with Gasteiger partial charge in [0.15, 0.2) is 5.82 Å². The first-order valence-corrected chi connectivity index (χ1v) is 10.0. The summed E-state index contributed by atoms with van der Waals surface area (Å²) in [5.74, 6) is 0.978. The molecule has 1 N–H and O–H groups in total. The third kappa shape index (κ3) is 5.35. The van der Waals surface area contributed by atoms with Gasteiger partial charge in [0.1, 0.15) is 0 Å². The normalized spacial score (nSPS) is 15.0. The maximum Gasteiger partial charge on any atom is 0.222 e. The van der Waals surface area contributed by atoms with E-state index >= 15 is 0 Å².